The van der Waals surface area contributed by atoms with E-state index in [0.717, 1.165) is 23.7 Å². The molecule has 2 heterocycles. The van der Waals surface area contributed by atoms with Crippen LogP contribution in [0.25, 0.3) is 11.5 Å². The van der Waals surface area contributed by atoms with Gasteiger partial charge in [-0.2, -0.15) is 13.9 Å². The number of alkyl halides is 2. The number of aryl methyl sites for hydroxylation is 1. The summed E-state index contributed by atoms with van der Waals surface area (Å²) >= 11 is 0.880. The van der Waals surface area contributed by atoms with Gasteiger partial charge < -0.3 is 9.15 Å². The highest BCUT2D eigenvalue weighted by Crippen LogP contribution is 2.26. The van der Waals surface area contributed by atoms with E-state index in [2.05, 4.69) is 37.4 Å². The summed E-state index contributed by atoms with van der Waals surface area (Å²) in [6, 6.07) is 16.4. The van der Waals surface area contributed by atoms with Crippen LogP contribution in [0.4, 0.5) is 14.5 Å². The molecule has 4 rings (SSSR count). The number of benzene rings is 2. The first-order valence-electron chi connectivity index (χ1n) is 10.5. The third kappa shape index (κ3) is 6.48. The van der Waals surface area contributed by atoms with Crippen LogP contribution in [0, 0.1) is 0 Å². The van der Waals surface area contributed by atoms with Crippen molar-refractivity contribution in [2.24, 2.45) is 5.10 Å². The number of hydrogen-bond acceptors (Lipinski definition) is 9. The zero-order chi connectivity index (χ0) is 24.6. The number of carbonyl (C=O) groups is 1. The number of hydrazone groups is 1. The minimum Gasteiger partial charge on any atom is -0.435 e. The molecule has 0 spiro atoms. The van der Waals surface area contributed by atoms with Gasteiger partial charge in [0.05, 0.1) is 5.69 Å². The van der Waals surface area contributed by atoms with Crippen molar-refractivity contribution in [3.05, 3.63) is 84.2 Å². The number of thioether (sulfide) groups is 1. The van der Waals surface area contributed by atoms with Gasteiger partial charge in [-0.25, -0.2) is 0 Å². The largest absolute Gasteiger partial charge is 0.435 e. The van der Waals surface area contributed by atoms with Crippen LogP contribution in [-0.2, 0) is 6.42 Å². The Hall–Kier alpha value is -4.12. The zero-order valence-electron chi connectivity index (χ0n) is 18.4. The van der Waals surface area contributed by atoms with E-state index in [9.17, 15) is 13.6 Å². The van der Waals surface area contributed by atoms with Gasteiger partial charge in [-0.3, -0.25) is 15.2 Å². The molecule has 11 heteroatoms. The van der Waals surface area contributed by atoms with Crippen LogP contribution in [0.2, 0.25) is 0 Å². The molecule has 0 bridgehead atoms. The average Bonchev–Trinajstić information content (AvgIpc) is 3.36. The number of carbonyl (C=O) groups excluding carboxylic acids is 1. The Labute approximate surface area is 203 Å². The van der Waals surface area contributed by atoms with Gasteiger partial charge >= 0.3 is 6.61 Å². The Morgan fingerprint density at radius 1 is 1.06 bits per heavy atom. The summed E-state index contributed by atoms with van der Waals surface area (Å²) < 4.78 is 34.9. The third-order valence-electron chi connectivity index (χ3n) is 4.70. The number of nitrogens with one attached hydrogen (secondary N) is 1. The normalized spacial score (nSPS) is 11.5. The lowest BCUT2D eigenvalue weighted by Crippen LogP contribution is -2.13. The predicted molar refractivity (Wildman–Crippen MR) is 128 cm³/mol. The number of halogens is 2. The summed E-state index contributed by atoms with van der Waals surface area (Å²) in [7, 11) is 0. The van der Waals surface area contributed by atoms with Gasteiger partial charge in [0.25, 0.3) is 5.22 Å². The average molecular weight is 496 g/mol. The Morgan fingerprint density at radius 3 is 2.43 bits per heavy atom. The van der Waals surface area contributed by atoms with Crippen molar-refractivity contribution in [3.63, 3.8) is 0 Å². The summed E-state index contributed by atoms with van der Waals surface area (Å²) in [4.78, 5) is 17.2. The molecule has 0 unspecified atom stereocenters. The fourth-order valence-corrected chi connectivity index (χ4v) is 3.58. The lowest BCUT2D eigenvalue weighted by molar-refractivity contribution is -0.0498. The third-order valence-corrected chi connectivity index (χ3v) is 5.51. The van der Waals surface area contributed by atoms with Gasteiger partial charge in [-0.05, 0) is 72.3 Å². The second kappa shape index (κ2) is 11.3. The fraction of sp³-hybridized carbons (Fsp3) is 0.125. The van der Waals surface area contributed by atoms with Crippen LogP contribution in [-0.4, -0.2) is 32.6 Å². The molecule has 8 nitrogen and oxygen atoms in total. The SMILES string of the molecule is CCc1ccc(NN=C(Sc2nnc(-c3ccncc3)o2)C(=O)c2ccc(OC(F)F)cc2)cc1. The predicted octanol–water partition coefficient (Wildman–Crippen LogP) is 5.70. The maximum atomic E-state index is 13.2. The highest BCUT2D eigenvalue weighted by Gasteiger charge is 2.21. The zero-order valence-corrected chi connectivity index (χ0v) is 19.2. The van der Waals surface area contributed by atoms with Crippen molar-refractivity contribution in [2.75, 3.05) is 5.43 Å². The van der Waals surface area contributed by atoms with Crippen molar-refractivity contribution in [3.8, 4) is 17.2 Å². The Balaban J connectivity index is 1.58. The molecule has 0 fully saturated rings. The van der Waals surface area contributed by atoms with E-state index in [1.807, 2.05) is 24.3 Å². The second-order valence-corrected chi connectivity index (χ2v) is 7.96. The van der Waals surface area contributed by atoms with Crippen LogP contribution in [0.1, 0.15) is 22.8 Å². The summed E-state index contributed by atoms with van der Waals surface area (Å²) in [5, 5.41) is 12.4. The number of Topliss-reactive ketones (excluding diaryl/α,β-unsaturated/α-hetero) is 1. The molecule has 0 amide bonds. The number of nitrogens with zero attached hydrogens (tertiary/aromatic N) is 4. The molecule has 0 saturated carbocycles. The molecular weight excluding hydrogens is 476 g/mol. The first kappa shape index (κ1) is 24.0. The summed E-state index contributed by atoms with van der Waals surface area (Å²) in [5.41, 5.74) is 5.59. The van der Waals surface area contributed by atoms with Crippen LogP contribution in [0.3, 0.4) is 0 Å². The topological polar surface area (TPSA) is 103 Å². The standard InChI is InChI=1S/C24H19F2N5O3S/c1-2-15-3-7-18(8-4-15)28-30-22(20(32)16-5-9-19(10-6-16)33-23(25)26)35-24-31-29-21(34-24)17-11-13-27-14-12-17/h3-14,23,28H,2H2,1H3. The van der Waals surface area contributed by atoms with Crippen molar-refractivity contribution in [1.82, 2.24) is 15.2 Å². The molecule has 1 N–H and O–H groups in total. The van der Waals surface area contributed by atoms with Crippen LogP contribution >= 0.6 is 11.8 Å². The molecule has 35 heavy (non-hydrogen) atoms. The summed E-state index contributed by atoms with van der Waals surface area (Å²) in [5.74, 6) is -0.269. The summed E-state index contributed by atoms with van der Waals surface area (Å²) in [6.45, 7) is -0.907. The highest BCUT2D eigenvalue weighted by molar-refractivity contribution is 8.15. The number of ketones is 1. The van der Waals surface area contributed by atoms with E-state index in [4.69, 9.17) is 4.42 Å². The van der Waals surface area contributed by atoms with Crippen molar-refractivity contribution in [1.29, 1.82) is 0 Å². The van der Waals surface area contributed by atoms with Gasteiger partial charge in [0.2, 0.25) is 11.7 Å². The quantitative estimate of drug-likeness (QED) is 0.104. The van der Waals surface area contributed by atoms with Gasteiger partial charge in [0.1, 0.15) is 5.75 Å². The number of rotatable bonds is 9. The van der Waals surface area contributed by atoms with E-state index in [0.29, 0.717) is 11.3 Å². The van der Waals surface area contributed by atoms with E-state index in [1.54, 1.807) is 24.5 Å². The smallest absolute Gasteiger partial charge is 0.387 e. The Morgan fingerprint density at radius 2 is 1.77 bits per heavy atom. The molecule has 2 aromatic carbocycles. The van der Waals surface area contributed by atoms with E-state index in [-0.39, 0.29) is 27.5 Å². The van der Waals surface area contributed by atoms with E-state index < -0.39 is 12.4 Å². The molecule has 0 radical (unpaired) electrons. The van der Waals surface area contributed by atoms with Crippen molar-refractivity contribution >= 4 is 28.3 Å². The molecule has 0 aliphatic rings. The lowest BCUT2D eigenvalue weighted by Gasteiger charge is -2.07. The molecule has 0 atom stereocenters. The van der Waals surface area contributed by atoms with E-state index in [1.165, 1.54) is 24.3 Å². The van der Waals surface area contributed by atoms with E-state index >= 15 is 0 Å². The van der Waals surface area contributed by atoms with Gasteiger partial charge in [-0.1, -0.05) is 19.1 Å². The number of ether oxygens (including phenoxy) is 1. The second-order valence-electron chi connectivity index (χ2n) is 7.02. The number of aromatic nitrogens is 3. The van der Waals surface area contributed by atoms with Crippen LogP contribution in [0.5, 0.6) is 5.75 Å². The molecule has 4 aromatic rings. The summed E-state index contributed by atoms with van der Waals surface area (Å²) in [6.07, 6.45) is 4.08. The fourth-order valence-electron chi connectivity index (χ4n) is 2.91. The van der Waals surface area contributed by atoms with Gasteiger partial charge in [0, 0.05) is 23.5 Å². The maximum absolute atomic E-state index is 13.2. The minimum absolute atomic E-state index is 0.0111. The minimum atomic E-state index is -2.96. The van der Waals surface area contributed by atoms with Gasteiger partial charge in [-0.15, -0.1) is 10.2 Å². The maximum Gasteiger partial charge on any atom is 0.387 e. The molecule has 0 aliphatic heterocycles. The lowest BCUT2D eigenvalue weighted by atomic mass is 10.1. The van der Waals surface area contributed by atoms with Crippen LogP contribution in [0.15, 0.2) is 87.8 Å². The first-order chi connectivity index (χ1) is 17.0. The molecular formula is C24H19F2N5O3S. The molecule has 2 aromatic heterocycles. The molecule has 178 valence electrons. The molecule has 0 aliphatic carbocycles. The first-order valence-corrected chi connectivity index (χ1v) is 11.3. The van der Waals surface area contributed by atoms with Crippen molar-refractivity contribution in [2.45, 2.75) is 25.2 Å². The van der Waals surface area contributed by atoms with Gasteiger partial charge in [0.15, 0.2) is 5.04 Å². The number of hydrogen-bond donors (Lipinski definition) is 1. The van der Waals surface area contributed by atoms with Crippen molar-refractivity contribution < 1.29 is 22.7 Å². The molecule has 0 saturated heterocycles. The Kier molecular flexibility index (Phi) is 7.78. The number of pyridine rings is 1. The Bertz CT molecular complexity index is 1300. The highest BCUT2D eigenvalue weighted by atomic mass is 32.2. The number of anilines is 1. The monoisotopic (exact) mass is 495 g/mol. The van der Waals surface area contributed by atoms with Crippen LogP contribution < -0.4 is 10.2 Å².